The molecule has 2 amide bonds. The lowest BCUT2D eigenvalue weighted by Gasteiger charge is -2.39. The third-order valence-electron chi connectivity index (χ3n) is 6.56. The van der Waals surface area contributed by atoms with Crippen LogP contribution >= 0.6 is 11.6 Å². The van der Waals surface area contributed by atoms with Crippen molar-refractivity contribution in [3.63, 3.8) is 0 Å². The minimum atomic E-state index is -0.564. The Morgan fingerprint density at radius 2 is 2.03 bits per heavy atom. The number of nitrogens with one attached hydrogen (secondary N) is 2. The predicted molar refractivity (Wildman–Crippen MR) is 123 cm³/mol. The maximum absolute atomic E-state index is 14.3. The number of piperidine rings is 1. The number of carbonyl (C=O) groups is 2. The van der Waals surface area contributed by atoms with Gasteiger partial charge in [-0.3, -0.25) is 14.7 Å². The third kappa shape index (κ3) is 4.68. The smallest absolute Gasteiger partial charge is 0.272 e. The number of rotatable bonds is 6. The number of methoxy groups -OCH3 is 1. The highest BCUT2D eigenvalue weighted by atomic mass is 35.5. The van der Waals surface area contributed by atoms with Crippen molar-refractivity contribution in [3.8, 4) is 17.1 Å². The number of aromatic amines is 1. The monoisotopic (exact) mass is 499 g/mol. The molecule has 12 heteroatoms. The van der Waals surface area contributed by atoms with Crippen LogP contribution in [0.2, 0.25) is 5.02 Å². The summed E-state index contributed by atoms with van der Waals surface area (Å²) in [5, 5.41) is 10.2. The van der Waals surface area contributed by atoms with E-state index < -0.39 is 5.82 Å². The Kier molecular flexibility index (Phi) is 6.10. The van der Waals surface area contributed by atoms with Gasteiger partial charge in [-0.2, -0.15) is 5.10 Å². The van der Waals surface area contributed by atoms with Crippen molar-refractivity contribution >= 4 is 23.4 Å². The fraction of sp³-hybridized carbons (Fsp3) is 0.391. The fourth-order valence-electron chi connectivity index (χ4n) is 4.54. The largest absolute Gasteiger partial charge is 0.481 e. The van der Waals surface area contributed by atoms with E-state index in [1.54, 1.807) is 0 Å². The molecule has 2 fully saturated rings. The topological polar surface area (TPSA) is 126 Å². The molecule has 4 heterocycles. The molecule has 2 aliphatic rings. The molecule has 1 atom stereocenters. The molecular formula is C23H23ClFN7O3. The second-order valence-corrected chi connectivity index (χ2v) is 9.22. The summed E-state index contributed by atoms with van der Waals surface area (Å²) in [6, 6.07) is 2.96. The number of hydrogen-bond donors (Lipinski definition) is 2. The van der Waals surface area contributed by atoms with Gasteiger partial charge in [0.15, 0.2) is 5.82 Å². The first-order chi connectivity index (χ1) is 16.9. The number of hydrogen-bond acceptors (Lipinski definition) is 7. The minimum absolute atomic E-state index is 0.0761. The van der Waals surface area contributed by atoms with Crippen LogP contribution in [0.15, 0.2) is 30.7 Å². The number of pyridine rings is 1. The van der Waals surface area contributed by atoms with Crippen molar-refractivity contribution in [2.24, 2.45) is 5.92 Å². The molecule has 1 unspecified atom stereocenters. The highest BCUT2D eigenvalue weighted by Gasteiger charge is 2.54. The molecule has 2 N–H and O–H groups in total. The Balaban J connectivity index is 1.24. The van der Waals surface area contributed by atoms with Crippen LogP contribution in [-0.2, 0) is 11.3 Å². The zero-order chi connectivity index (χ0) is 24.6. The zero-order valence-electron chi connectivity index (χ0n) is 18.9. The number of amides is 2. The van der Waals surface area contributed by atoms with Gasteiger partial charge in [-0.05, 0) is 31.7 Å². The Hall–Kier alpha value is -3.60. The van der Waals surface area contributed by atoms with Crippen molar-refractivity contribution in [3.05, 3.63) is 53.1 Å². The summed E-state index contributed by atoms with van der Waals surface area (Å²) in [5.74, 6) is -0.328. The standard InChI is InChI=1S/C23H23ClFN7O3/c1-35-20-6-15(16(25)11-28-20)17-7-18(31-30-17)22(34)32-5-2-13(8-23(32)3-4-23)21(33)29-12-19-26-9-14(24)10-27-19/h6-7,9-11,13H,2-5,8,12H2,1H3,(H,29,33)(H,30,31). The lowest BCUT2D eigenvalue weighted by atomic mass is 9.88. The molecule has 182 valence electrons. The zero-order valence-corrected chi connectivity index (χ0v) is 19.7. The van der Waals surface area contributed by atoms with E-state index in [2.05, 4.69) is 30.5 Å². The van der Waals surface area contributed by atoms with E-state index in [0.29, 0.717) is 30.2 Å². The summed E-state index contributed by atoms with van der Waals surface area (Å²) in [4.78, 5) is 39.9. The predicted octanol–water partition coefficient (Wildman–Crippen LogP) is 2.76. The summed E-state index contributed by atoms with van der Waals surface area (Å²) < 4.78 is 19.3. The first-order valence-electron chi connectivity index (χ1n) is 11.2. The van der Waals surface area contributed by atoms with Crippen molar-refractivity contribution in [2.45, 2.75) is 37.8 Å². The molecule has 0 radical (unpaired) electrons. The maximum Gasteiger partial charge on any atom is 0.272 e. The molecule has 0 bridgehead atoms. The summed E-state index contributed by atoms with van der Waals surface area (Å²) in [7, 11) is 1.44. The summed E-state index contributed by atoms with van der Waals surface area (Å²) >= 11 is 5.79. The van der Waals surface area contributed by atoms with Crippen LogP contribution in [0.1, 0.15) is 42.0 Å². The van der Waals surface area contributed by atoms with Crippen LogP contribution in [0, 0.1) is 11.7 Å². The average Bonchev–Trinajstić information content (AvgIpc) is 3.44. The normalized spacial score (nSPS) is 18.4. The molecule has 5 rings (SSSR count). The van der Waals surface area contributed by atoms with Crippen molar-refractivity contribution in [2.75, 3.05) is 13.7 Å². The number of aromatic nitrogens is 5. The Morgan fingerprint density at radius 3 is 2.74 bits per heavy atom. The van der Waals surface area contributed by atoms with E-state index in [-0.39, 0.29) is 52.6 Å². The van der Waals surface area contributed by atoms with E-state index in [1.165, 1.54) is 31.6 Å². The molecule has 1 saturated heterocycles. The molecule has 1 saturated carbocycles. The molecular weight excluding hydrogens is 477 g/mol. The van der Waals surface area contributed by atoms with Gasteiger partial charge in [0.1, 0.15) is 11.5 Å². The first kappa shape index (κ1) is 23.2. The molecule has 35 heavy (non-hydrogen) atoms. The number of H-pyrrole nitrogens is 1. The van der Waals surface area contributed by atoms with E-state index in [0.717, 1.165) is 19.0 Å². The summed E-state index contributed by atoms with van der Waals surface area (Å²) in [6.07, 6.45) is 6.82. The van der Waals surface area contributed by atoms with E-state index in [1.807, 2.05) is 4.90 Å². The second-order valence-electron chi connectivity index (χ2n) is 8.78. The van der Waals surface area contributed by atoms with Crippen LogP contribution in [0.3, 0.4) is 0 Å². The van der Waals surface area contributed by atoms with Gasteiger partial charge in [0.05, 0.1) is 30.6 Å². The van der Waals surface area contributed by atoms with Crippen LogP contribution in [0.5, 0.6) is 5.88 Å². The van der Waals surface area contributed by atoms with Gasteiger partial charge in [0, 0.05) is 42.0 Å². The van der Waals surface area contributed by atoms with E-state index >= 15 is 0 Å². The minimum Gasteiger partial charge on any atom is -0.481 e. The number of carbonyl (C=O) groups excluding carboxylic acids is 2. The second kappa shape index (κ2) is 9.21. The molecule has 3 aromatic heterocycles. The van der Waals surface area contributed by atoms with Crippen molar-refractivity contribution in [1.29, 1.82) is 0 Å². The number of likely N-dealkylation sites (tertiary alicyclic amines) is 1. The van der Waals surface area contributed by atoms with Gasteiger partial charge < -0.3 is 15.0 Å². The van der Waals surface area contributed by atoms with Crippen LogP contribution in [0.4, 0.5) is 4.39 Å². The Morgan fingerprint density at radius 1 is 1.26 bits per heavy atom. The summed E-state index contributed by atoms with van der Waals surface area (Å²) in [6.45, 7) is 0.662. The van der Waals surface area contributed by atoms with Crippen molar-refractivity contribution in [1.82, 2.24) is 35.4 Å². The molecule has 3 aromatic rings. The number of ether oxygens (including phenoxy) is 1. The van der Waals surface area contributed by atoms with Gasteiger partial charge in [0.2, 0.25) is 11.8 Å². The quantitative estimate of drug-likeness (QED) is 0.534. The average molecular weight is 500 g/mol. The molecule has 1 aliphatic heterocycles. The Labute approximate surface area is 205 Å². The number of halogens is 2. The van der Waals surface area contributed by atoms with Gasteiger partial charge >= 0.3 is 0 Å². The van der Waals surface area contributed by atoms with Crippen LogP contribution < -0.4 is 10.1 Å². The van der Waals surface area contributed by atoms with Crippen LogP contribution in [0.25, 0.3) is 11.3 Å². The third-order valence-corrected chi connectivity index (χ3v) is 6.76. The van der Waals surface area contributed by atoms with Crippen LogP contribution in [-0.4, -0.2) is 61.1 Å². The van der Waals surface area contributed by atoms with Gasteiger partial charge in [-0.15, -0.1) is 0 Å². The van der Waals surface area contributed by atoms with Gasteiger partial charge in [-0.25, -0.2) is 19.3 Å². The van der Waals surface area contributed by atoms with E-state index in [4.69, 9.17) is 16.3 Å². The number of nitrogens with zero attached hydrogens (tertiary/aromatic N) is 5. The first-order valence-corrected chi connectivity index (χ1v) is 11.6. The SMILES string of the molecule is COc1cc(-c2cc(C(=O)N3CCC(C(=O)NCc4ncc(Cl)cn4)CC34CC4)[nH]n2)c(F)cn1. The fourth-order valence-corrected chi connectivity index (χ4v) is 4.63. The Bertz CT molecular complexity index is 1260. The molecule has 10 nitrogen and oxygen atoms in total. The highest BCUT2D eigenvalue weighted by Crippen LogP contribution is 2.50. The lowest BCUT2D eigenvalue weighted by Crippen LogP contribution is -2.50. The van der Waals surface area contributed by atoms with Crippen molar-refractivity contribution < 1.29 is 18.7 Å². The molecule has 1 aliphatic carbocycles. The lowest BCUT2D eigenvalue weighted by molar-refractivity contribution is -0.127. The van der Waals surface area contributed by atoms with Gasteiger partial charge in [0.25, 0.3) is 5.91 Å². The molecule has 0 aromatic carbocycles. The maximum atomic E-state index is 14.3. The van der Waals surface area contributed by atoms with E-state index in [9.17, 15) is 14.0 Å². The highest BCUT2D eigenvalue weighted by molar-refractivity contribution is 6.30. The molecule has 1 spiro atoms. The summed E-state index contributed by atoms with van der Waals surface area (Å²) in [5.41, 5.74) is 0.400. The van der Waals surface area contributed by atoms with Gasteiger partial charge in [-0.1, -0.05) is 11.6 Å².